The molecular formula is C92H129IN8O14. The van der Waals surface area contributed by atoms with E-state index in [0.29, 0.717) is 100 Å². The number of aryl methyl sites for hydroxylation is 2. The number of fused-ring (bicyclic) bond motifs is 6. The van der Waals surface area contributed by atoms with E-state index in [-0.39, 0.29) is 67.5 Å². The highest BCUT2D eigenvalue weighted by molar-refractivity contribution is 14.1. The summed E-state index contributed by atoms with van der Waals surface area (Å²) < 4.78 is 1.11. The van der Waals surface area contributed by atoms with Crippen LogP contribution in [0, 0.1) is 105 Å². The Morgan fingerprint density at radius 3 is 0.983 bits per heavy atom. The van der Waals surface area contributed by atoms with Gasteiger partial charge in [-0.25, -0.2) is 0 Å². The number of hydrogen-bond donors (Lipinski definition) is 9. The second kappa shape index (κ2) is 35.6. The van der Waals surface area contributed by atoms with Gasteiger partial charge in [0.2, 0.25) is 17.7 Å². The Labute approximate surface area is 695 Å². The molecule has 0 unspecified atom stereocenters. The van der Waals surface area contributed by atoms with Crippen LogP contribution in [0.15, 0.2) is 109 Å². The number of amides is 5. The van der Waals surface area contributed by atoms with Crippen LogP contribution in [-0.2, 0) is 48.5 Å². The molecule has 0 radical (unpaired) electrons. The fraction of sp³-hybridized carbons (Fsp3) is 0.620. The molecule has 17 rings (SSSR count). The Morgan fingerprint density at radius 2 is 0.730 bits per heavy atom. The van der Waals surface area contributed by atoms with Crippen molar-refractivity contribution in [2.24, 2.45) is 87.3 Å². The van der Waals surface area contributed by atoms with Gasteiger partial charge in [-0.15, -0.1) is 0 Å². The number of nitrogens with zero attached hydrogens (tertiary/aromatic N) is 5. The zero-order valence-electron chi connectivity index (χ0n) is 70.8. The van der Waals surface area contributed by atoms with Gasteiger partial charge in [-0.05, 0) is 252 Å². The van der Waals surface area contributed by atoms with Crippen LogP contribution in [0.4, 0.5) is 0 Å². The third-order valence-electron chi connectivity index (χ3n) is 29.3. The number of nitrogens with one attached hydrogen (secondary N) is 3. The predicted octanol–water partition coefficient (Wildman–Crippen LogP) is 11.0. The molecule has 115 heavy (non-hydrogen) atoms. The molecule has 0 spiro atoms. The summed E-state index contributed by atoms with van der Waals surface area (Å²) in [6.45, 7) is 29.9. The van der Waals surface area contributed by atoms with Crippen LogP contribution < -0.4 is 16.0 Å². The normalized spacial score (nSPS) is 32.7. The first-order valence-corrected chi connectivity index (χ1v) is 43.0. The second-order valence-electron chi connectivity index (χ2n) is 37.7. The van der Waals surface area contributed by atoms with Gasteiger partial charge in [-0.2, -0.15) is 15.2 Å². The lowest BCUT2D eigenvalue weighted by Gasteiger charge is -2.62. The Morgan fingerprint density at radius 1 is 0.443 bits per heavy atom. The first-order chi connectivity index (χ1) is 54.3. The predicted molar refractivity (Wildman–Crippen MR) is 451 cm³/mol. The SMILES string of the molecule is C[C@@H]1[C@@H](NC(=O)[C@@H]2[C@H]([C@H](C)O)[C@H](CO)ON2Cc2cccc(I)c2)C[C@H]2C[C@@H]1C2(C)C.Cc1cc(-c2cccc(CN3O[C@@H](CO)[C@@H]([C@H](C)O)[C@H]3C(=O)N[C@H]3C[C@H]4C[C@@H]([C@@H]3C)C4(C)C)c2)ccc1C(=O)N(C)C.Cc1cc(-c2cccc(CN3O[C@@H](CO)[C@@H]([C@H](C)O)[C@H]3C(=O)N[C@H]3C[C@H]4C[C@@H]([C@@H]3C)C4(C)C)c2)ccc1C(=O)N(C)C. The second-order valence-corrected chi connectivity index (χ2v) is 38.9. The molecular weight excluding hydrogens is 1570 g/mol. The third-order valence-corrected chi connectivity index (χ3v) is 30.0. The highest BCUT2D eigenvalue weighted by atomic mass is 127. The molecule has 22 nitrogen and oxygen atoms in total. The van der Waals surface area contributed by atoms with Crippen LogP contribution in [0.2, 0.25) is 0 Å². The Kier molecular flexibility index (Phi) is 27.2. The fourth-order valence-corrected chi connectivity index (χ4v) is 22.6. The van der Waals surface area contributed by atoms with E-state index in [0.717, 1.165) is 72.9 Å². The molecule has 9 aliphatic carbocycles. The van der Waals surface area contributed by atoms with Gasteiger partial charge in [-0.1, -0.05) is 135 Å². The summed E-state index contributed by atoms with van der Waals surface area (Å²) in [5.41, 5.74) is 11.0. The minimum absolute atomic E-state index is 0.0298. The largest absolute Gasteiger partial charge is 0.394 e. The van der Waals surface area contributed by atoms with E-state index in [9.17, 15) is 54.6 Å². The average Bonchev–Trinajstić information content (AvgIpc) is 1.46. The number of aliphatic hydroxyl groups is 6. The fourth-order valence-electron chi connectivity index (χ4n) is 22.0. The smallest absolute Gasteiger partial charge is 0.253 e. The van der Waals surface area contributed by atoms with Gasteiger partial charge >= 0.3 is 0 Å². The summed E-state index contributed by atoms with van der Waals surface area (Å²) in [6.07, 6.45) is 2.25. The number of carbonyl (C=O) groups excluding carboxylic acids is 5. The molecule has 0 aromatic heterocycles. The topological polar surface area (TPSA) is 287 Å². The van der Waals surface area contributed by atoms with Gasteiger partial charge in [0.05, 0.1) is 57.8 Å². The van der Waals surface area contributed by atoms with Gasteiger partial charge in [0, 0.05) is 78.8 Å². The number of rotatable bonds is 22. The van der Waals surface area contributed by atoms with Gasteiger partial charge in [0.15, 0.2) is 0 Å². The molecule has 6 bridgehead atoms. The minimum Gasteiger partial charge on any atom is -0.394 e. The molecule has 3 heterocycles. The van der Waals surface area contributed by atoms with Crippen molar-refractivity contribution in [2.45, 2.75) is 228 Å². The highest BCUT2D eigenvalue weighted by Crippen LogP contribution is 2.63. The molecule has 3 saturated heterocycles. The van der Waals surface area contributed by atoms with Crippen molar-refractivity contribution >= 4 is 52.1 Å². The number of halogens is 1. The van der Waals surface area contributed by atoms with Crippen molar-refractivity contribution in [1.29, 1.82) is 0 Å². The molecule has 9 saturated carbocycles. The molecule has 12 aliphatic rings. The molecule has 24 atom stereocenters. The van der Waals surface area contributed by atoms with Crippen molar-refractivity contribution in [1.82, 2.24) is 40.9 Å². The van der Waals surface area contributed by atoms with Gasteiger partial charge in [0.25, 0.3) is 11.8 Å². The lowest BCUT2D eigenvalue weighted by molar-refractivity contribution is -0.183. The average molecular weight is 1700 g/mol. The van der Waals surface area contributed by atoms with Crippen molar-refractivity contribution < 1.29 is 69.1 Å². The van der Waals surface area contributed by atoms with Crippen LogP contribution in [-0.4, -0.2) is 206 Å². The highest BCUT2D eigenvalue weighted by Gasteiger charge is 2.61. The first kappa shape index (κ1) is 88.0. The van der Waals surface area contributed by atoms with Gasteiger partial charge in [0.1, 0.15) is 36.4 Å². The summed E-state index contributed by atoms with van der Waals surface area (Å²) in [4.78, 5) is 87.9. The summed E-state index contributed by atoms with van der Waals surface area (Å²) in [6, 6.07) is 34.0. The summed E-state index contributed by atoms with van der Waals surface area (Å²) >= 11 is 2.27. The van der Waals surface area contributed by atoms with Gasteiger partial charge < -0.3 is 56.4 Å². The van der Waals surface area contributed by atoms with Gasteiger partial charge in [-0.3, -0.25) is 38.5 Å². The summed E-state index contributed by atoms with van der Waals surface area (Å²) in [5, 5.41) is 77.0. The van der Waals surface area contributed by atoms with E-state index in [1.807, 2.05) is 105 Å². The third kappa shape index (κ3) is 17.8. The van der Waals surface area contributed by atoms with E-state index in [2.05, 4.69) is 119 Å². The van der Waals surface area contributed by atoms with E-state index in [4.69, 9.17) is 14.5 Å². The van der Waals surface area contributed by atoms with E-state index < -0.39 is 72.5 Å². The number of carbonyl (C=O) groups is 5. The number of hydroxylamine groups is 6. The van der Waals surface area contributed by atoms with Crippen LogP contribution in [0.25, 0.3) is 22.3 Å². The minimum atomic E-state index is -0.836. The quantitative estimate of drug-likeness (QED) is 0.0291. The number of aliphatic hydroxyl groups excluding tert-OH is 6. The van der Waals surface area contributed by atoms with Crippen molar-refractivity contribution in [3.63, 3.8) is 0 Å². The molecule has 9 N–H and O–H groups in total. The zero-order chi connectivity index (χ0) is 83.5. The summed E-state index contributed by atoms with van der Waals surface area (Å²) in [5.74, 6) is 2.79. The maximum atomic E-state index is 13.9. The van der Waals surface area contributed by atoms with Crippen LogP contribution in [0.1, 0.15) is 170 Å². The first-order valence-electron chi connectivity index (χ1n) is 41.9. The van der Waals surface area contributed by atoms with E-state index >= 15 is 0 Å². The summed E-state index contributed by atoms with van der Waals surface area (Å²) in [7, 11) is 6.98. The van der Waals surface area contributed by atoms with Crippen molar-refractivity contribution in [3.05, 3.63) is 152 Å². The molecule has 3 aliphatic heterocycles. The maximum Gasteiger partial charge on any atom is 0.253 e. The number of benzene rings is 5. The van der Waals surface area contributed by atoms with Crippen LogP contribution in [0.5, 0.6) is 0 Å². The van der Waals surface area contributed by atoms with E-state index in [1.165, 1.54) is 19.3 Å². The Bertz CT molecular complexity index is 4100. The Hall–Kier alpha value is -6.30. The van der Waals surface area contributed by atoms with E-state index in [1.54, 1.807) is 74.0 Å². The molecule has 12 fully saturated rings. The molecule has 23 heteroatoms. The van der Waals surface area contributed by atoms with Crippen molar-refractivity contribution in [2.75, 3.05) is 48.0 Å². The number of hydrogen-bond acceptors (Lipinski definition) is 17. The monoisotopic (exact) mass is 1700 g/mol. The molecule has 5 aromatic rings. The molecule has 5 amide bonds. The lowest BCUT2D eigenvalue weighted by Crippen LogP contribution is -2.62. The van der Waals surface area contributed by atoms with Crippen LogP contribution >= 0.6 is 22.6 Å². The standard InChI is InChI=1S/2C34H47N3O5.C24H35IN2O4/c2*1-19-13-24(11-12-26(19)33(41)36(6)7)23-10-8-9-22(14-23)17-37-31(30(21(3)39)29(18-38)42-37)32(40)35-28-16-25-15-27(20(28)2)34(25,4)5;1-13-18-9-16(24(18,3)4)10-19(13)26-23(30)22-21(14(2)29)20(12-28)31-27(22)11-15-6-5-7-17(25)8-15/h2*8-14,20-21,25,27-31,38-39H,15-18H2,1-7H3,(H,35,40);5-8,13-14,16,18-22,28-29H,9-12H2,1-4H3,(H,26,30)/t2*20-,21-,25+,27-,28-,29-,30+,31-;13-,14-,16+,18-,19-,20-,21+,22-/m000/s1. The van der Waals surface area contributed by atoms with Crippen molar-refractivity contribution in [3.8, 4) is 22.3 Å². The maximum absolute atomic E-state index is 13.9. The molecule has 628 valence electrons. The zero-order valence-corrected chi connectivity index (χ0v) is 73.0. The lowest BCUT2D eigenvalue weighted by atomic mass is 9.45. The molecule has 5 aromatic carbocycles. The van der Waals surface area contributed by atoms with Crippen LogP contribution in [0.3, 0.4) is 0 Å². The Balaban J connectivity index is 0.000000161.